The number of carbonyl (C=O) groups is 2. The Kier molecular flexibility index (Phi) is 4.40. The third-order valence-corrected chi connectivity index (χ3v) is 5.59. The molecule has 1 spiro atoms. The first-order valence-corrected chi connectivity index (χ1v) is 8.16. The summed E-state index contributed by atoms with van der Waals surface area (Å²) in [5.41, 5.74) is -0.752. The van der Waals surface area contributed by atoms with Gasteiger partial charge in [0.15, 0.2) is 0 Å². The van der Waals surface area contributed by atoms with Gasteiger partial charge in [-0.25, -0.2) is 0 Å². The Morgan fingerprint density at radius 3 is 2.10 bits per heavy atom. The van der Waals surface area contributed by atoms with E-state index >= 15 is 0 Å². The standard InChI is InChI=1S/C16H28N2O2/c1-4-15(5-2,6-3)18-12-13(19)17-16(14(18)20)10-8-7-9-11-16/h4-12H2,1-3H3,(H,17,19). The first-order chi connectivity index (χ1) is 9.53. The Bertz CT molecular complexity index is 374. The van der Waals surface area contributed by atoms with Crippen molar-refractivity contribution in [1.29, 1.82) is 0 Å². The van der Waals surface area contributed by atoms with Crippen molar-refractivity contribution in [1.82, 2.24) is 10.2 Å². The Morgan fingerprint density at radius 2 is 1.60 bits per heavy atom. The fourth-order valence-corrected chi connectivity index (χ4v) is 4.03. The Hall–Kier alpha value is -1.06. The Morgan fingerprint density at radius 1 is 1.05 bits per heavy atom. The molecule has 20 heavy (non-hydrogen) atoms. The van der Waals surface area contributed by atoms with Crippen molar-refractivity contribution >= 4 is 11.8 Å². The zero-order chi connectivity index (χ0) is 14.8. The third kappa shape index (κ3) is 2.33. The van der Waals surface area contributed by atoms with E-state index in [9.17, 15) is 9.59 Å². The number of carbonyl (C=O) groups excluding carboxylic acids is 2. The third-order valence-electron chi connectivity index (χ3n) is 5.59. The van der Waals surface area contributed by atoms with Gasteiger partial charge in [0, 0.05) is 5.54 Å². The van der Waals surface area contributed by atoms with E-state index < -0.39 is 5.54 Å². The predicted octanol–water partition coefficient (Wildman–Crippen LogP) is 2.62. The summed E-state index contributed by atoms with van der Waals surface area (Å²) in [7, 11) is 0. The van der Waals surface area contributed by atoms with Crippen LogP contribution in [0, 0.1) is 0 Å². The van der Waals surface area contributed by atoms with Crippen LogP contribution in [0.3, 0.4) is 0 Å². The number of hydrogen-bond donors (Lipinski definition) is 1. The molecule has 2 fully saturated rings. The maximum absolute atomic E-state index is 13.1. The highest BCUT2D eigenvalue weighted by Crippen LogP contribution is 2.37. The van der Waals surface area contributed by atoms with Crippen molar-refractivity contribution in [3.05, 3.63) is 0 Å². The summed E-state index contributed by atoms with van der Waals surface area (Å²) >= 11 is 0. The maximum atomic E-state index is 13.1. The van der Waals surface area contributed by atoms with E-state index in [1.807, 2.05) is 4.90 Å². The van der Waals surface area contributed by atoms with Crippen LogP contribution in [0.5, 0.6) is 0 Å². The first kappa shape index (κ1) is 15.3. The normalized spacial score (nSPS) is 23.1. The van der Waals surface area contributed by atoms with Gasteiger partial charge in [-0.05, 0) is 32.1 Å². The summed E-state index contributed by atoms with van der Waals surface area (Å²) in [5, 5.41) is 3.03. The molecule has 114 valence electrons. The van der Waals surface area contributed by atoms with Crippen LogP contribution < -0.4 is 5.32 Å². The second kappa shape index (κ2) is 5.74. The number of piperazine rings is 1. The Labute approximate surface area is 122 Å². The molecule has 4 heteroatoms. The van der Waals surface area contributed by atoms with E-state index in [1.54, 1.807) is 0 Å². The summed E-state index contributed by atoms with van der Waals surface area (Å²) in [6, 6.07) is 0. The van der Waals surface area contributed by atoms with Crippen LogP contribution in [0.25, 0.3) is 0 Å². The fraction of sp³-hybridized carbons (Fsp3) is 0.875. The fourth-order valence-electron chi connectivity index (χ4n) is 4.03. The highest BCUT2D eigenvalue weighted by molar-refractivity contribution is 5.98. The van der Waals surface area contributed by atoms with Crippen molar-refractivity contribution in [2.24, 2.45) is 0 Å². The van der Waals surface area contributed by atoms with Gasteiger partial charge in [-0.3, -0.25) is 9.59 Å². The second-order valence-electron chi connectivity index (χ2n) is 6.37. The number of nitrogens with zero attached hydrogens (tertiary/aromatic N) is 1. The lowest BCUT2D eigenvalue weighted by Gasteiger charge is -2.51. The molecule has 0 aromatic carbocycles. The van der Waals surface area contributed by atoms with Crippen molar-refractivity contribution in [2.75, 3.05) is 6.54 Å². The minimum absolute atomic E-state index is 0.0197. The average Bonchev–Trinajstić information content (AvgIpc) is 2.47. The van der Waals surface area contributed by atoms with Gasteiger partial charge in [-0.1, -0.05) is 40.0 Å². The lowest BCUT2D eigenvalue weighted by Crippen LogP contribution is -2.71. The highest BCUT2D eigenvalue weighted by atomic mass is 16.2. The van der Waals surface area contributed by atoms with Crippen LogP contribution >= 0.6 is 0 Å². The Balaban J connectivity index is 2.33. The molecule has 0 atom stereocenters. The molecule has 1 saturated heterocycles. The van der Waals surface area contributed by atoms with E-state index in [-0.39, 0.29) is 23.9 Å². The van der Waals surface area contributed by atoms with Crippen molar-refractivity contribution in [3.8, 4) is 0 Å². The van der Waals surface area contributed by atoms with Gasteiger partial charge < -0.3 is 10.2 Å². The quantitative estimate of drug-likeness (QED) is 0.860. The van der Waals surface area contributed by atoms with E-state index in [2.05, 4.69) is 26.1 Å². The average molecular weight is 280 g/mol. The minimum Gasteiger partial charge on any atom is -0.340 e. The number of nitrogens with one attached hydrogen (secondary N) is 1. The zero-order valence-corrected chi connectivity index (χ0v) is 13.1. The molecule has 0 aromatic heterocycles. The summed E-state index contributed by atoms with van der Waals surface area (Å²) in [5.74, 6) is 0.188. The number of rotatable bonds is 4. The molecule has 1 aliphatic heterocycles. The van der Waals surface area contributed by atoms with E-state index in [0.717, 1.165) is 44.9 Å². The van der Waals surface area contributed by atoms with Gasteiger partial charge in [0.05, 0.1) is 0 Å². The van der Waals surface area contributed by atoms with Crippen molar-refractivity contribution in [2.45, 2.75) is 83.2 Å². The molecule has 1 N–H and O–H groups in total. The van der Waals surface area contributed by atoms with Gasteiger partial charge in [-0.2, -0.15) is 0 Å². The molecule has 1 heterocycles. The molecule has 0 radical (unpaired) electrons. The lowest BCUT2D eigenvalue weighted by atomic mass is 9.76. The molecular weight excluding hydrogens is 252 g/mol. The van der Waals surface area contributed by atoms with Crippen LogP contribution in [0.1, 0.15) is 72.1 Å². The van der Waals surface area contributed by atoms with Gasteiger partial charge in [0.25, 0.3) is 0 Å². The minimum atomic E-state index is -0.599. The molecule has 0 bridgehead atoms. The molecule has 2 aliphatic rings. The van der Waals surface area contributed by atoms with Crippen molar-refractivity contribution in [3.63, 3.8) is 0 Å². The predicted molar refractivity (Wildman–Crippen MR) is 79.3 cm³/mol. The molecule has 0 aromatic rings. The molecule has 1 saturated carbocycles. The second-order valence-corrected chi connectivity index (χ2v) is 6.37. The summed E-state index contributed by atoms with van der Waals surface area (Å²) < 4.78 is 0. The van der Waals surface area contributed by atoms with Gasteiger partial charge in [-0.15, -0.1) is 0 Å². The number of hydrogen-bond acceptors (Lipinski definition) is 2. The highest BCUT2D eigenvalue weighted by Gasteiger charge is 2.51. The summed E-state index contributed by atoms with van der Waals surface area (Å²) in [4.78, 5) is 27.2. The van der Waals surface area contributed by atoms with Crippen molar-refractivity contribution < 1.29 is 9.59 Å². The summed E-state index contributed by atoms with van der Waals surface area (Å²) in [6.07, 6.45) is 7.60. The smallest absolute Gasteiger partial charge is 0.249 e. The largest absolute Gasteiger partial charge is 0.340 e. The first-order valence-electron chi connectivity index (χ1n) is 8.16. The molecule has 0 unspecified atom stereocenters. The molecule has 2 rings (SSSR count). The zero-order valence-electron chi connectivity index (χ0n) is 13.1. The molecule has 2 amide bonds. The maximum Gasteiger partial charge on any atom is 0.249 e. The van der Waals surface area contributed by atoms with E-state index in [0.29, 0.717) is 0 Å². The van der Waals surface area contributed by atoms with Crippen LogP contribution in [0.15, 0.2) is 0 Å². The summed E-state index contributed by atoms with van der Waals surface area (Å²) in [6.45, 7) is 6.61. The van der Waals surface area contributed by atoms with Crippen LogP contribution in [-0.2, 0) is 9.59 Å². The molecular formula is C16H28N2O2. The van der Waals surface area contributed by atoms with E-state index in [1.165, 1.54) is 6.42 Å². The van der Waals surface area contributed by atoms with Gasteiger partial charge >= 0.3 is 0 Å². The van der Waals surface area contributed by atoms with E-state index in [4.69, 9.17) is 0 Å². The SMILES string of the molecule is CCC(CC)(CC)N1CC(=O)NC2(CCCCC2)C1=O. The molecule has 4 nitrogen and oxygen atoms in total. The van der Waals surface area contributed by atoms with Gasteiger partial charge in [0.1, 0.15) is 12.1 Å². The van der Waals surface area contributed by atoms with Crippen LogP contribution in [0.2, 0.25) is 0 Å². The lowest BCUT2D eigenvalue weighted by molar-refractivity contribution is -0.159. The topological polar surface area (TPSA) is 49.4 Å². The molecule has 1 aliphatic carbocycles. The number of amides is 2. The van der Waals surface area contributed by atoms with Crippen LogP contribution in [-0.4, -0.2) is 34.3 Å². The monoisotopic (exact) mass is 280 g/mol. The van der Waals surface area contributed by atoms with Crippen LogP contribution in [0.4, 0.5) is 0 Å². The van der Waals surface area contributed by atoms with Gasteiger partial charge in [0.2, 0.25) is 11.8 Å².